The second-order valence-corrected chi connectivity index (χ2v) is 12.8. The van der Waals surface area contributed by atoms with E-state index in [0.717, 1.165) is 76.4 Å². The number of hydrogen-bond acceptors (Lipinski definition) is 4. The molecule has 1 aliphatic heterocycles. The fourth-order valence-electron chi connectivity index (χ4n) is 8.63. The molecule has 3 aliphatic carbocycles. The summed E-state index contributed by atoms with van der Waals surface area (Å²) in [4.78, 5) is 25.5. The van der Waals surface area contributed by atoms with Gasteiger partial charge in [-0.25, -0.2) is 0 Å². The number of carboxylic acids is 1. The van der Waals surface area contributed by atoms with E-state index in [4.69, 9.17) is 9.47 Å². The molecule has 6 unspecified atom stereocenters. The Balaban J connectivity index is 1.51. The lowest BCUT2D eigenvalue weighted by molar-refractivity contribution is -0.191. The molecule has 0 spiro atoms. The van der Waals surface area contributed by atoms with Crippen molar-refractivity contribution in [1.82, 2.24) is 0 Å². The first-order chi connectivity index (χ1) is 17.2. The Bertz CT molecular complexity index is 799. The third-order valence-electron chi connectivity index (χ3n) is 10.8. The number of carboxylic acid groups (broad SMARTS) is 1. The quantitative estimate of drug-likeness (QED) is 0.389. The Hall–Kier alpha value is -1.20. The van der Waals surface area contributed by atoms with Gasteiger partial charge < -0.3 is 14.6 Å². The van der Waals surface area contributed by atoms with Crippen LogP contribution in [0.2, 0.25) is 0 Å². The molecule has 5 heteroatoms. The molecule has 1 N–H and O–H groups in total. The third kappa shape index (κ3) is 5.93. The number of ketones is 1. The van der Waals surface area contributed by atoms with E-state index in [2.05, 4.69) is 26.8 Å². The summed E-state index contributed by atoms with van der Waals surface area (Å²) >= 11 is 0. The van der Waals surface area contributed by atoms with E-state index in [1.54, 1.807) is 0 Å². The van der Waals surface area contributed by atoms with Crippen LogP contribution in [0.15, 0.2) is 11.6 Å². The molecule has 4 fully saturated rings. The molecule has 4 rings (SSSR count). The number of allylic oxidation sites excluding steroid dienone is 2. The summed E-state index contributed by atoms with van der Waals surface area (Å²) in [5, 5.41) is 9.23. The van der Waals surface area contributed by atoms with Crippen LogP contribution in [-0.2, 0) is 19.1 Å². The Morgan fingerprint density at radius 3 is 2.67 bits per heavy atom. The number of Topliss-reactive ketones (excluding diaryl/α,β-unsaturated/α-hetero) is 1. The van der Waals surface area contributed by atoms with Crippen LogP contribution >= 0.6 is 0 Å². The minimum atomic E-state index is -0.698. The maximum atomic E-state index is 14.2. The average Bonchev–Trinajstić information content (AvgIpc) is 3.22. The molecule has 0 amide bonds. The summed E-state index contributed by atoms with van der Waals surface area (Å²) in [6, 6.07) is 0. The number of carbonyl (C=O) groups excluding carboxylic acids is 1. The van der Waals surface area contributed by atoms with Gasteiger partial charge in [0, 0.05) is 18.9 Å². The van der Waals surface area contributed by atoms with Crippen molar-refractivity contribution in [3.8, 4) is 0 Å². The Morgan fingerprint density at radius 2 is 1.97 bits per heavy atom. The second-order valence-electron chi connectivity index (χ2n) is 12.8. The van der Waals surface area contributed by atoms with Crippen molar-refractivity contribution < 1.29 is 24.2 Å². The standard InChI is InChI=1S/C31H50O5/c1-5-22-11-13-23(36-28-8-6-7-19-35-28)12-9-20(2)24-17-18-31(4)25(21(3)10-16-27(32)33)14-15-26(31)29(24)30(22)34/h5,20-21,23-26,28-29H,6-19H2,1-4H3,(H,32,33)/b22-5+/t20-,21+,23?,24?,25?,26?,28?,29?,31+/m0/s1. The van der Waals surface area contributed by atoms with Gasteiger partial charge in [0.1, 0.15) is 0 Å². The zero-order chi connectivity index (χ0) is 25.9. The maximum Gasteiger partial charge on any atom is 0.303 e. The van der Waals surface area contributed by atoms with Crippen molar-refractivity contribution in [1.29, 1.82) is 0 Å². The summed E-state index contributed by atoms with van der Waals surface area (Å²) in [6.07, 6.45) is 14.8. The lowest BCUT2D eigenvalue weighted by Crippen LogP contribution is -2.48. The van der Waals surface area contributed by atoms with Crippen LogP contribution in [-0.4, -0.2) is 35.9 Å². The molecular formula is C31H50O5. The van der Waals surface area contributed by atoms with Gasteiger partial charge in [0.15, 0.2) is 12.1 Å². The van der Waals surface area contributed by atoms with Crippen LogP contribution in [0.1, 0.15) is 111 Å². The molecule has 0 bridgehead atoms. The number of rotatable bonds is 6. The van der Waals surface area contributed by atoms with Gasteiger partial charge in [-0.3, -0.25) is 9.59 Å². The van der Waals surface area contributed by atoms with Crippen LogP contribution in [0.5, 0.6) is 0 Å². The van der Waals surface area contributed by atoms with Gasteiger partial charge in [-0.1, -0.05) is 26.8 Å². The number of hydrogen-bond donors (Lipinski definition) is 1. The Labute approximate surface area is 218 Å². The minimum Gasteiger partial charge on any atom is -0.481 e. The van der Waals surface area contributed by atoms with Crippen molar-refractivity contribution in [2.45, 2.75) is 124 Å². The van der Waals surface area contributed by atoms with Crippen LogP contribution in [0, 0.1) is 40.9 Å². The first-order valence-corrected chi connectivity index (χ1v) is 14.9. The van der Waals surface area contributed by atoms with Gasteiger partial charge in [0.2, 0.25) is 0 Å². The largest absolute Gasteiger partial charge is 0.481 e. The van der Waals surface area contributed by atoms with Crippen LogP contribution < -0.4 is 0 Å². The van der Waals surface area contributed by atoms with Crippen molar-refractivity contribution in [3.05, 3.63) is 11.6 Å². The molecule has 0 aromatic heterocycles. The second kappa shape index (κ2) is 12.1. The summed E-state index contributed by atoms with van der Waals surface area (Å²) in [5.41, 5.74) is 1.14. The highest BCUT2D eigenvalue weighted by Gasteiger charge is 2.57. The minimum absolute atomic E-state index is 0.0755. The number of carbonyl (C=O) groups is 2. The zero-order valence-electron chi connectivity index (χ0n) is 23.2. The van der Waals surface area contributed by atoms with Gasteiger partial charge in [-0.15, -0.1) is 0 Å². The normalized spacial score (nSPS) is 41.9. The SMILES string of the molecule is C/C=C1\CCC(OC2CCCCO2)CC[C@H](C)C2CC[C@@]3(C)C(CCC3[C@H](C)CCC(=O)O)C2C1=O. The smallest absolute Gasteiger partial charge is 0.303 e. The average molecular weight is 503 g/mol. The molecule has 0 aromatic carbocycles. The van der Waals surface area contributed by atoms with E-state index >= 15 is 0 Å². The molecule has 0 radical (unpaired) electrons. The van der Waals surface area contributed by atoms with Gasteiger partial charge in [0.25, 0.3) is 0 Å². The first kappa shape index (κ1) is 27.8. The van der Waals surface area contributed by atoms with E-state index in [9.17, 15) is 14.7 Å². The fourth-order valence-corrected chi connectivity index (χ4v) is 8.63. The molecule has 3 saturated carbocycles. The van der Waals surface area contributed by atoms with Crippen molar-refractivity contribution in [2.24, 2.45) is 40.9 Å². The summed E-state index contributed by atoms with van der Waals surface area (Å²) < 4.78 is 12.3. The molecular weight excluding hydrogens is 452 g/mol. The maximum absolute atomic E-state index is 14.2. The highest BCUT2D eigenvalue weighted by molar-refractivity contribution is 5.97. The molecule has 204 valence electrons. The van der Waals surface area contributed by atoms with Crippen molar-refractivity contribution in [2.75, 3.05) is 6.61 Å². The van der Waals surface area contributed by atoms with E-state index < -0.39 is 5.97 Å². The number of fused-ring (bicyclic) bond motifs is 3. The predicted octanol–water partition coefficient (Wildman–Crippen LogP) is 7.18. The topological polar surface area (TPSA) is 72.8 Å². The van der Waals surface area contributed by atoms with Crippen LogP contribution in [0.4, 0.5) is 0 Å². The highest BCUT2D eigenvalue weighted by atomic mass is 16.7. The molecule has 5 nitrogen and oxygen atoms in total. The van der Waals surface area contributed by atoms with Gasteiger partial charge in [0.05, 0.1) is 6.10 Å². The van der Waals surface area contributed by atoms with E-state index in [1.165, 1.54) is 12.8 Å². The van der Waals surface area contributed by atoms with Gasteiger partial charge in [-0.05, 0) is 125 Å². The van der Waals surface area contributed by atoms with E-state index in [-0.39, 0.29) is 30.1 Å². The van der Waals surface area contributed by atoms with Crippen molar-refractivity contribution >= 4 is 11.8 Å². The third-order valence-corrected chi connectivity index (χ3v) is 10.8. The highest BCUT2D eigenvalue weighted by Crippen LogP contribution is 2.63. The van der Waals surface area contributed by atoms with Crippen LogP contribution in [0.25, 0.3) is 0 Å². The lowest BCUT2D eigenvalue weighted by atomic mass is 9.53. The molecule has 4 aliphatic rings. The van der Waals surface area contributed by atoms with Crippen molar-refractivity contribution in [3.63, 3.8) is 0 Å². The van der Waals surface area contributed by atoms with Gasteiger partial charge >= 0.3 is 5.97 Å². The first-order valence-electron chi connectivity index (χ1n) is 14.9. The molecule has 1 heterocycles. The molecule has 9 atom stereocenters. The summed E-state index contributed by atoms with van der Waals surface area (Å²) in [7, 11) is 0. The molecule has 1 saturated heterocycles. The lowest BCUT2D eigenvalue weighted by Gasteiger charge is -2.51. The fraction of sp³-hybridized carbons (Fsp3) is 0.871. The Kier molecular flexibility index (Phi) is 9.36. The van der Waals surface area contributed by atoms with Crippen LogP contribution in [0.3, 0.4) is 0 Å². The number of ether oxygens (including phenoxy) is 2. The van der Waals surface area contributed by atoms with E-state index in [1.807, 2.05) is 6.92 Å². The molecule has 0 aromatic rings. The predicted molar refractivity (Wildman–Crippen MR) is 141 cm³/mol. The monoisotopic (exact) mass is 502 g/mol. The zero-order valence-corrected chi connectivity index (χ0v) is 23.2. The Morgan fingerprint density at radius 1 is 1.17 bits per heavy atom. The summed E-state index contributed by atoms with van der Waals surface area (Å²) in [5.74, 6) is 2.07. The summed E-state index contributed by atoms with van der Waals surface area (Å²) in [6.45, 7) is 9.89. The van der Waals surface area contributed by atoms with Gasteiger partial charge in [-0.2, -0.15) is 0 Å². The number of aliphatic carboxylic acids is 1. The van der Waals surface area contributed by atoms with E-state index in [0.29, 0.717) is 35.4 Å². The molecule has 36 heavy (non-hydrogen) atoms.